The summed E-state index contributed by atoms with van der Waals surface area (Å²) in [7, 11) is 5.13. The Morgan fingerprint density at radius 1 is 1.35 bits per heavy atom. The van der Waals surface area contributed by atoms with Crippen molar-refractivity contribution < 1.29 is 33.6 Å². The number of nitrogens with zero attached hydrogens (tertiary/aromatic N) is 4. The van der Waals surface area contributed by atoms with Crippen LogP contribution in [0.5, 0.6) is 0 Å². The molecule has 0 aromatic carbocycles. The zero-order valence-electron chi connectivity index (χ0n) is 20.4. The third-order valence-corrected chi connectivity index (χ3v) is 7.42. The average molecular weight is 550 g/mol. The molecule has 2 atom stereocenters. The van der Waals surface area contributed by atoms with E-state index in [1.165, 1.54) is 30.3 Å². The van der Waals surface area contributed by atoms with E-state index in [0.717, 1.165) is 16.2 Å². The predicted octanol–water partition coefficient (Wildman–Crippen LogP) is -1.85. The first kappa shape index (κ1) is 27.9. The van der Waals surface area contributed by atoms with Crippen molar-refractivity contribution in [3.63, 3.8) is 0 Å². The maximum atomic E-state index is 12.9. The van der Waals surface area contributed by atoms with E-state index in [-0.39, 0.29) is 28.0 Å². The van der Waals surface area contributed by atoms with Crippen molar-refractivity contribution in [3.8, 4) is 0 Å². The van der Waals surface area contributed by atoms with Crippen molar-refractivity contribution in [2.24, 2.45) is 10.9 Å². The number of amides is 3. The molecule has 2 unspecified atom stereocenters. The zero-order chi connectivity index (χ0) is 27.3. The second kappa shape index (κ2) is 11.6. The summed E-state index contributed by atoms with van der Waals surface area (Å²) in [5.41, 5.74) is 11.0. The van der Waals surface area contributed by atoms with E-state index in [9.17, 15) is 24.3 Å². The first-order chi connectivity index (χ1) is 17.4. The molecule has 198 valence electrons. The topological polar surface area (TPSA) is 193 Å². The summed E-state index contributed by atoms with van der Waals surface area (Å²) in [6.07, 6.45) is 6.41. The molecular formula is C22H27N7O6S2. The number of thiazole rings is 1. The van der Waals surface area contributed by atoms with Gasteiger partial charge >= 0.3 is 0 Å². The fourth-order valence-corrected chi connectivity index (χ4v) is 5.54. The number of allylic oxidation sites excluding steroid dienone is 1. The largest absolute Gasteiger partial charge is 0.543 e. The van der Waals surface area contributed by atoms with Gasteiger partial charge in [0.15, 0.2) is 10.8 Å². The van der Waals surface area contributed by atoms with Gasteiger partial charge in [-0.15, -0.1) is 23.1 Å². The molecule has 3 amide bonds. The third-order valence-electron chi connectivity index (χ3n) is 5.44. The van der Waals surface area contributed by atoms with Crippen molar-refractivity contribution in [3.05, 3.63) is 46.6 Å². The molecule has 1 saturated heterocycles. The number of likely N-dealkylation sites (N-methyl/N-ethyl adjacent to an activating group) is 1. The Morgan fingerprint density at radius 2 is 2.05 bits per heavy atom. The van der Waals surface area contributed by atoms with Crippen LogP contribution in [0.1, 0.15) is 5.69 Å². The molecule has 3 rings (SSSR count). The number of aromatic nitrogens is 1. The zero-order valence-corrected chi connectivity index (χ0v) is 22.0. The Bertz CT molecular complexity index is 1220. The van der Waals surface area contributed by atoms with Gasteiger partial charge in [0.25, 0.3) is 11.8 Å². The Labute approximate surface area is 221 Å². The normalized spacial score (nSPS) is 20.2. The molecule has 2 aliphatic rings. The lowest BCUT2D eigenvalue weighted by Gasteiger charge is -2.50. The molecule has 15 heteroatoms. The van der Waals surface area contributed by atoms with Crippen LogP contribution in [0.15, 0.2) is 46.1 Å². The summed E-state index contributed by atoms with van der Waals surface area (Å²) in [6, 6.07) is -0.969. The highest BCUT2D eigenvalue weighted by Crippen LogP contribution is 2.40. The molecule has 0 aliphatic carbocycles. The Kier molecular flexibility index (Phi) is 8.73. The van der Waals surface area contributed by atoms with Gasteiger partial charge in [-0.05, 0) is 17.7 Å². The number of oxime groups is 1. The standard InChI is InChI=1S/C22H27N7O6S2/c1-29(2,9-5-7-14(23)30)8-4-6-12-10-36-20-16(19(32)28(20)17(12)21(33)34)26-18(31)15(27-35-3)13-11-37-22(24)25-13/h4-7,11,16,20H,8-10H2,1-3H3,(H5-,23,24,25,26,30,31,33,34)/b6-4+,7-5+,27-15-. The molecule has 0 bridgehead atoms. The third kappa shape index (κ3) is 6.55. The number of nitrogens with two attached hydrogens (primary N) is 2. The van der Waals surface area contributed by atoms with Crippen LogP contribution in [0.4, 0.5) is 5.13 Å². The molecule has 3 heterocycles. The van der Waals surface area contributed by atoms with E-state index in [2.05, 4.69) is 15.5 Å². The van der Waals surface area contributed by atoms with Gasteiger partial charge in [-0.25, -0.2) is 4.98 Å². The minimum Gasteiger partial charge on any atom is -0.543 e. The number of carbonyl (C=O) groups is 4. The van der Waals surface area contributed by atoms with Gasteiger partial charge in [-0.2, -0.15) is 0 Å². The lowest BCUT2D eigenvalue weighted by atomic mass is 10.0. The van der Waals surface area contributed by atoms with Crippen LogP contribution in [-0.2, 0) is 24.0 Å². The van der Waals surface area contributed by atoms with Crippen LogP contribution in [0.25, 0.3) is 0 Å². The van der Waals surface area contributed by atoms with Gasteiger partial charge in [0, 0.05) is 17.2 Å². The first-order valence-electron chi connectivity index (χ1n) is 10.9. The van der Waals surface area contributed by atoms with E-state index in [4.69, 9.17) is 16.3 Å². The number of carbonyl (C=O) groups excluding carboxylic acids is 4. The number of nitrogens with one attached hydrogen (secondary N) is 1. The van der Waals surface area contributed by atoms with E-state index in [1.807, 2.05) is 14.1 Å². The van der Waals surface area contributed by atoms with E-state index in [1.54, 1.807) is 18.2 Å². The van der Waals surface area contributed by atoms with Crippen LogP contribution in [0.2, 0.25) is 0 Å². The molecular weight excluding hydrogens is 522 g/mol. The highest BCUT2D eigenvalue weighted by atomic mass is 32.2. The molecule has 2 aliphatic heterocycles. The Balaban J connectivity index is 1.72. The Hall–Kier alpha value is -3.69. The van der Waals surface area contributed by atoms with Crippen LogP contribution in [0.3, 0.4) is 0 Å². The van der Waals surface area contributed by atoms with Crippen LogP contribution in [-0.4, -0.2) is 95.2 Å². The maximum Gasteiger partial charge on any atom is 0.276 e. The molecule has 1 fully saturated rings. The van der Waals surface area contributed by atoms with Crippen LogP contribution in [0, 0.1) is 0 Å². The number of primary amides is 1. The lowest BCUT2D eigenvalue weighted by molar-refractivity contribution is -0.878. The van der Waals surface area contributed by atoms with Crippen molar-refractivity contribution in [1.29, 1.82) is 0 Å². The number of anilines is 1. The van der Waals surface area contributed by atoms with Gasteiger partial charge in [-0.1, -0.05) is 11.2 Å². The smallest absolute Gasteiger partial charge is 0.276 e. The van der Waals surface area contributed by atoms with Gasteiger partial charge in [0.05, 0.1) is 38.9 Å². The predicted molar refractivity (Wildman–Crippen MR) is 136 cm³/mol. The minimum atomic E-state index is -1.49. The lowest BCUT2D eigenvalue weighted by Crippen LogP contribution is -2.71. The monoisotopic (exact) mass is 549 g/mol. The number of aliphatic carboxylic acids is 1. The van der Waals surface area contributed by atoms with E-state index >= 15 is 0 Å². The molecule has 1 aromatic heterocycles. The summed E-state index contributed by atoms with van der Waals surface area (Å²) in [5, 5.41) is 19.4. The first-order valence-corrected chi connectivity index (χ1v) is 12.8. The number of nitrogen functional groups attached to an aromatic ring is 1. The van der Waals surface area contributed by atoms with Crippen molar-refractivity contribution in [1.82, 2.24) is 15.2 Å². The number of thioether (sulfide) groups is 1. The second-order valence-corrected chi connectivity index (χ2v) is 10.7. The molecule has 1 aromatic rings. The molecule has 13 nitrogen and oxygen atoms in total. The van der Waals surface area contributed by atoms with E-state index < -0.39 is 35.1 Å². The SMILES string of the molecule is CO/N=C(\C(=O)NC1C(=O)N2C(C(=O)[O-])=C(/C=C/C[N+](C)(C)C/C=C/C(N)=O)CSC12)c1csc(N)n1. The number of hydrogen-bond acceptors (Lipinski definition) is 11. The maximum absolute atomic E-state index is 12.9. The van der Waals surface area contributed by atoms with Crippen molar-refractivity contribution in [2.75, 3.05) is 45.8 Å². The van der Waals surface area contributed by atoms with Crippen molar-refractivity contribution >= 4 is 57.6 Å². The van der Waals surface area contributed by atoms with Crippen LogP contribution >= 0.6 is 23.1 Å². The fraction of sp³-hybridized carbons (Fsp3) is 0.364. The highest BCUT2D eigenvalue weighted by Gasteiger charge is 2.53. The molecule has 37 heavy (non-hydrogen) atoms. The highest BCUT2D eigenvalue weighted by molar-refractivity contribution is 8.00. The molecule has 5 N–H and O–H groups in total. The van der Waals surface area contributed by atoms with Gasteiger partial charge in [0.1, 0.15) is 24.2 Å². The molecule has 0 saturated carbocycles. The van der Waals surface area contributed by atoms with Gasteiger partial charge < -0.3 is 36.0 Å². The van der Waals surface area contributed by atoms with E-state index in [0.29, 0.717) is 23.1 Å². The van der Waals surface area contributed by atoms with Gasteiger partial charge in [-0.3, -0.25) is 19.3 Å². The summed E-state index contributed by atoms with van der Waals surface area (Å²) < 4.78 is 0.483. The number of β-lactam (4-membered cyclic amide) rings is 1. The van der Waals surface area contributed by atoms with Crippen LogP contribution < -0.4 is 21.9 Å². The average Bonchev–Trinajstić information content (AvgIpc) is 3.25. The summed E-state index contributed by atoms with van der Waals surface area (Å²) in [4.78, 5) is 58.5. The number of hydrogen-bond donors (Lipinski definition) is 3. The molecule has 0 radical (unpaired) electrons. The quantitative estimate of drug-likeness (QED) is 0.0934. The number of rotatable bonds is 11. The van der Waals surface area contributed by atoms with Gasteiger partial charge in [0.2, 0.25) is 5.91 Å². The number of carboxylic acid groups (broad SMARTS) is 1. The fourth-order valence-electron chi connectivity index (χ4n) is 3.67. The van der Waals surface area contributed by atoms with Crippen molar-refractivity contribution in [2.45, 2.75) is 11.4 Å². The number of carboxylic acids is 1. The summed E-state index contributed by atoms with van der Waals surface area (Å²) in [6.45, 7) is 1.06. The molecule has 0 spiro atoms. The number of fused-ring (bicyclic) bond motifs is 1. The minimum absolute atomic E-state index is 0.159. The number of quaternary nitrogens is 1. The Morgan fingerprint density at radius 3 is 2.65 bits per heavy atom. The summed E-state index contributed by atoms with van der Waals surface area (Å²) >= 11 is 2.43. The second-order valence-electron chi connectivity index (χ2n) is 8.72. The summed E-state index contributed by atoms with van der Waals surface area (Å²) in [5.74, 6) is -3.02.